The number of amides is 1. The third kappa shape index (κ3) is 2.64. The lowest BCUT2D eigenvalue weighted by atomic mass is 10.1. The summed E-state index contributed by atoms with van der Waals surface area (Å²) < 4.78 is 0. The maximum absolute atomic E-state index is 12.0. The SMILES string of the molecule is Cc1nc2ccncc2cc1C(=O)NCC(C)C. The molecular formula is C14H17N3O. The van der Waals surface area contributed by atoms with Crippen molar-refractivity contribution in [1.82, 2.24) is 15.3 Å². The van der Waals surface area contributed by atoms with Gasteiger partial charge in [-0.3, -0.25) is 14.8 Å². The van der Waals surface area contributed by atoms with Crippen LogP contribution >= 0.6 is 0 Å². The van der Waals surface area contributed by atoms with Crippen molar-refractivity contribution in [2.45, 2.75) is 20.8 Å². The van der Waals surface area contributed by atoms with E-state index in [1.54, 1.807) is 12.4 Å². The summed E-state index contributed by atoms with van der Waals surface area (Å²) in [5.74, 6) is 0.365. The maximum atomic E-state index is 12.0. The monoisotopic (exact) mass is 243 g/mol. The molecule has 0 atom stereocenters. The molecule has 18 heavy (non-hydrogen) atoms. The second-order valence-corrected chi connectivity index (χ2v) is 4.79. The number of hydrogen-bond acceptors (Lipinski definition) is 3. The molecule has 0 fully saturated rings. The third-order valence-corrected chi connectivity index (χ3v) is 2.72. The van der Waals surface area contributed by atoms with E-state index in [2.05, 4.69) is 29.1 Å². The molecule has 1 amide bonds. The molecule has 0 saturated carbocycles. The van der Waals surface area contributed by atoms with Crippen LogP contribution < -0.4 is 5.32 Å². The van der Waals surface area contributed by atoms with Crippen molar-refractivity contribution in [3.8, 4) is 0 Å². The van der Waals surface area contributed by atoms with Gasteiger partial charge < -0.3 is 5.32 Å². The topological polar surface area (TPSA) is 54.9 Å². The van der Waals surface area contributed by atoms with E-state index in [0.717, 1.165) is 16.6 Å². The maximum Gasteiger partial charge on any atom is 0.253 e. The predicted octanol–water partition coefficient (Wildman–Crippen LogP) is 2.32. The molecular weight excluding hydrogens is 226 g/mol. The number of aryl methyl sites for hydroxylation is 1. The number of nitrogens with one attached hydrogen (secondary N) is 1. The Morgan fingerprint density at radius 3 is 2.94 bits per heavy atom. The lowest BCUT2D eigenvalue weighted by Gasteiger charge is -2.10. The van der Waals surface area contributed by atoms with Gasteiger partial charge in [-0.25, -0.2) is 0 Å². The summed E-state index contributed by atoms with van der Waals surface area (Å²) in [6, 6.07) is 3.69. The van der Waals surface area contributed by atoms with Gasteiger partial charge >= 0.3 is 0 Å². The Labute approximate surface area is 106 Å². The van der Waals surface area contributed by atoms with Crippen molar-refractivity contribution in [2.24, 2.45) is 5.92 Å². The summed E-state index contributed by atoms with van der Waals surface area (Å²) in [4.78, 5) is 20.5. The normalized spacial score (nSPS) is 10.9. The fraction of sp³-hybridized carbons (Fsp3) is 0.357. The van der Waals surface area contributed by atoms with Gasteiger partial charge in [0.1, 0.15) is 0 Å². The molecule has 1 N–H and O–H groups in total. The van der Waals surface area contributed by atoms with Crippen LogP contribution in [0.5, 0.6) is 0 Å². The highest BCUT2D eigenvalue weighted by Gasteiger charge is 2.11. The Hall–Kier alpha value is -1.97. The molecule has 4 nitrogen and oxygen atoms in total. The Balaban J connectivity index is 2.32. The lowest BCUT2D eigenvalue weighted by molar-refractivity contribution is 0.0948. The second-order valence-electron chi connectivity index (χ2n) is 4.79. The Bertz CT molecular complexity index is 578. The molecule has 0 unspecified atom stereocenters. The van der Waals surface area contributed by atoms with Crippen LogP contribution in [-0.2, 0) is 0 Å². The summed E-state index contributed by atoms with van der Waals surface area (Å²) in [7, 11) is 0. The van der Waals surface area contributed by atoms with E-state index in [4.69, 9.17) is 0 Å². The minimum absolute atomic E-state index is 0.0700. The summed E-state index contributed by atoms with van der Waals surface area (Å²) in [6.45, 7) is 6.65. The first-order valence-corrected chi connectivity index (χ1v) is 6.07. The van der Waals surface area contributed by atoms with Gasteiger partial charge in [-0.15, -0.1) is 0 Å². The standard InChI is InChI=1S/C14H17N3O/c1-9(2)7-16-14(18)12-6-11-8-15-5-4-13(11)17-10(12)3/h4-6,8-9H,7H2,1-3H3,(H,16,18). The van der Waals surface area contributed by atoms with E-state index in [-0.39, 0.29) is 5.91 Å². The smallest absolute Gasteiger partial charge is 0.253 e. The molecule has 0 aliphatic carbocycles. The van der Waals surface area contributed by atoms with Crippen LogP contribution in [-0.4, -0.2) is 22.4 Å². The van der Waals surface area contributed by atoms with E-state index in [1.807, 2.05) is 19.1 Å². The van der Waals surface area contributed by atoms with E-state index in [1.165, 1.54) is 0 Å². The molecule has 2 aromatic heterocycles. The quantitative estimate of drug-likeness (QED) is 0.900. The predicted molar refractivity (Wildman–Crippen MR) is 71.4 cm³/mol. The zero-order chi connectivity index (χ0) is 13.1. The largest absolute Gasteiger partial charge is 0.352 e. The van der Waals surface area contributed by atoms with Gasteiger partial charge in [0.05, 0.1) is 16.8 Å². The van der Waals surface area contributed by atoms with E-state index in [0.29, 0.717) is 18.0 Å². The highest BCUT2D eigenvalue weighted by Crippen LogP contribution is 2.15. The molecule has 4 heteroatoms. The number of fused-ring (bicyclic) bond motifs is 1. The van der Waals surface area contributed by atoms with Crippen molar-refractivity contribution in [3.05, 3.63) is 35.8 Å². The Morgan fingerprint density at radius 2 is 2.22 bits per heavy atom. The van der Waals surface area contributed by atoms with Crippen molar-refractivity contribution >= 4 is 16.8 Å². The number of rotatable bonds is 3. The van der Waals surface area contributed by atoms with Gasteiger partial charge in [0, 0.05) is 24.3 Å². The highest BCUT2D eigenvalue weighted by atomic mass is 16.1. The fourth-order valence-electron chi connectivity index (χ4n) is 1.74. The first kappa shape index (κ1) is 12.5. The van der Waals surface area contributed by atoms with Crippen LogP contribution in [0.15, 0.2) is 24.5 Å². The van der Waals surface area contributed by atoms with E-state index >= 15 is 0 Å². The van der Waals surface area contributed by atoms with Gasteiger partial charge in [-0.05, 0) is 25.0 Å². The molecule has 0 saturated heterocycles. The minimum atomic E-state index is -0.0700. The molecule has 0 aromatic carbocycles. The van der Waals surface area contributed by atoms with Gasteiger partial charge in [0.15, 0.2) is 0 Å². The molecule has 0 aliphatic heterocycles. The molecule has 94 valence electrons. The molecule has 2 heterocycles. The van der Waals surface area contributed by atoms with Gasteiger partial charge in [-0.2, -0.15) is 0 Å². The number of carbonyl (C=O) groups excluding carboxylic acids is 1. The number of aromatic nitrogens is 2. The van der Waals surface area contributed by atoms with E-state index in [9.17, 15) is 4.79 Å². The number of nitrogens with zero attached hydrogens (tertiary/aromatic N) is 2. The zero-order valence-electron chi connectivity index (χ0n) is 10.9. The van der Waals surface area contributed by atoms with Crippen molar-refractivity contribution < 1.29 is 4.79 Å². The summed E-state index contributed by atoms with van der Waals surface area (Å²) >= 11 is 0. The van der Waals surface area contributed by atoms with Crippen LogP contribution in [0.3, 0.4) is 0 Å². The third-order valence-electron chi connectivity index (χ3n) is 2.72. The van der Waals surface area contributed by atoms with Crippen LogP contribution in [0, 0.1) is 12.8 Å². The molecule has 0 bridgehead atoms. The highest BCUT2D eigenvalue weighted by molar-refractivity contribution is 5.98. The minimum Gasteiger partial charge on any atom is -0.352 e. The van der Waals surface area contributed by atoms with Crippen LogP contribution in [0.4, 0.5) is 0 Å². The first-order chi connectivity index (χ1) is 8.58. The van der Waals surface area contributed by atoms with Crippen molar-refractivity contribution in [3.63, 3.8) is 0 Å². The lowest BCUT2D eigenvalue weighted by Crippen LogP contribution is -2.28. The van der Waals surface area contributed by atoms with Gasteiger partial charge in [0.25, 0.3) is 5.91 Å². The fourth-order valence-corrected chi connectivity index (χ4v) is 1.74. The number of carbonyl (C=O) groups is 1. The molecule has 2 aromatic rings. The summed E-state index contributed by atoms with van der Waals surface area (Å²) in [6.07, 6.45) is 3.42. The first-order valence-electron chi connectivity index (χ1n) is 6.07. The number of hydrogen-bond donors (Lipinski definition) is 1. The molecule has 0 spiro atoms. The Kier molecular flexibility index (Phi) is 3.55. The van der Waals surface area contributed by atoms with Gasteiger partial charge in [-0.1, -0.05) is 13.8 Å². The molecule has 2 rings (SSSR count). The van der Waals surface area contributed by atoms with Crippen molar-refractivity contribution in [2.75, 3.05) is 6.54 Å². The van der Waals surface area contributed by atoms with Crippen LogP contribution in [0.1, 0.15) is 29.9 Å². The zero-order valence-corrected chi connectivity index (χ0v) is 10.9. The van der Waals surface area contributed by atoms with E-state index < -0.39 is 0 Å². The van der Waals surface area contributed by atoms with Crippen LogP contribution in [0.25, 0.3) is 10.9 Å². The Morgan fingerprint density at radius 1 is 1.44 bits per heavy atom. The average Bonchev–Trinajstić information content (AvgIpc) is 2.35. The summed E-state index contributed by atoms with van der Waals surface area (Å²) in [5, 5.41) is 3.79. The van der Waals surface area contributed by atoms with Crippen molar-refractivity contribution in [1.29, 1.82) is 0 Å². The molecule has 0 radical (unpaired) electrons. The van der Waals surface area contributed by atoms with Crippen LogP contribution in [0.2, 0.25) is 0 Å². The number of pyridine rings is 2. The second kappa shape index (κ2) is 5.12. The average molecular weight is 243 g/mol. The molecule has 0 aliphatic rings. The van der Waals surface area contributed by atoms with Gasteiger partial charge in [0.2, 0.25) is 0 Å². The summed E-state index contributed by atoms with van der Waals surface area (Å²) in [5.41, 5.74) is 2.23.